The van der Waals surface area contributed by atoms with Crippen LogP contribution in [0.5, 0.6) is 5.75 Å². The molecule has 2 aromatic heterocycles. The molecule has 0 radical (unpaired) electrons. The van der Waals surface area contributed by atoms with E-state index < -0.39 is 18.7 Å². The summed E-state index contributed by atoms with van der Waals surface area (Å²) in [7, 11) is 0. The molecule has 1 aromatic carbocycles. The Balaban J connectivity index is 0.000000628. The van der Waals surface area contributed by atoms with E-state index >= 15 is 0 Å². The Labute approximate surface area is 177 Å². The number of ether oxygens (including phenoxy) is 1. The van der Waals surface area contributed by atoms with Gasteiger partial charge in [-0.15, -0.1) is 11.3 Å². The van der Waals surface area contributed by atoms with Gasteiger partial charge in [0.25, 0.3) is 0 Å². The largest absolute Gasteiger partial charge is 0.492 e. The quantitative estimate of drug-likeness (QED) is 0.542. The van der Waals surface area contributed by atoms with Crippen molar-refractivity contribution >= 4 is 17.3 Å². The lowest BCUT2D eigenvalue weighted by Crippen LogP contribution is -2.19. The van der Waals surface area contributed by atoms with Crippen molar-refractivity contribution < 1.29 is 32.9 Å². The molecule has 0 unspecified atom stereocenters. The van der Waals surface area contributed by atoms with Gasteiger partial charge >= 0.3 is 12.1 Å². The zero-order valence-electron chi connectivity index (χ0n) is 16.0. The minimum atomic E-state index is -4.43. The summed E-state index contributed by atoms with van der Waals surface area (Å²) in [5.74, 6) is -0.664. The molecule has 13 heteroatoms. The fraction of sp³-hybridized carbons (Fsp3) is 0.333. The van der Waals surface area contributed by atoms with Gasteiger partial charge in [0.05, 0.1) is 24.5 Å². The van der Waals surface area contributed by atoms with E-state index in [9.17, 15) is 18.0 Å². The number of nitrogens with zero attached hydrogens (tertiary/aromatic N) is 4. The van der Waals surface area contributed by atoms with Gasteiger partial charge in [0.2, 0.25) is 0 Å². The second kappa shape index (κ2) is 9.41. The summed E-state index contributed by atoms with van der Waals surface area (Å²) in [5.41, 5.74) is 6.01. The van der Waals surface area contributed by atoms with Crippen LogP contribution < -0.4 is 10.5 Å². The van der Waals surface area contributed by atoms with E-state index in [0.717, 1.165) is 15.9 Å². The Morgan fingerprint density at radius 2 is 2.10 bits per heavy atom. The first-order valence-corrected chi connectivity index (χ1v) is 9.81. The molecular formula is C18H18F3N5O4S. The van der Waals surface area contributed by atoms with E-state index in [0.29, 0.717) is 41.6 Å². The molecule has 4 rings (SSSR count). The number of hydrogen-bond donors (Lipinski definition) is 3. The summed E-state index contributed by atoms with van der Waals surface area (Å²) in [6.45, 7) is -0.478. The topological polar surface area (TPSA) is 136 Å². The van der Waals surface area contributed by atoms with Gasteiger partial charge in [-0.05, 0) is 18.2 Å². The van der Waals surface area contributed by atoms with Crippen LogP contribution >= 0.6 is 11.3 Å². The highest BCUT2D eigenvalue weighted by Gasteiger charge is 2.31. The summed E-state index contributed by atoms with van der Waals surface area (Å²) >= 11 is 1.22. The van der Waals surface area contributed by atoms with Crippen molar-refractivity contribution in [3.05, 3.63) is 35.0 Å². The Hall–Kier alpha value is -3.03. The Kier molecular flexibility index (Phi) is 6.87. The maximum Gasteiger partial charge on any atom is 0.408 e. The van der Waals surface area contributed by atoms with E-state index in [4.69, 9.17) is 20.7 Å². The normalized spacial score (nSPS) is 12.7. The smallest absolute Gasteiger partial charge is 0.408 e. The van der Waals surface area contributed by atoms with Gasteiger partial charge in [-0.25, -0.2) is 19.4 Å². The number of fused-ring (bicyclic) bond motifs is 3. The summed E-state index contributed by atoms with van der Waals surface area (Å²) < 4.78 is 44.6. The van der Waals surface area contributed by atoms with Crippen LogP contribution in [0.2, 0.25) is 0 Å². The number of halogens is 3. The molecule has 0 bridgehead atoms. The second-order valence-corrected chi connectivity index (χ2v) is 7.36. The Morgan fingerprint density at radius 1 is 1.35 bits per heavy atom. The molecule has 31 heavy (non-hydrogen) atoms. The second-order valence-electron chi connectivity index (χ2n) is 6.27. The monoisotopic (exact) mass is 457 g/mol. The van der Waals surface area contributed by atoms with Gasteiger partial charge in [0.1, 0.15) is 18.6 Å². The molecule has 3 aromatic rings. The predicted molar refractivity (Wildman–Crippen MR) is 105 cm³/mol. The van der Waals surface area contributed by atoms with Gasteiger partial charge in [-0.3, -0.25) is 0 Å². The van der Waals surface area contributed by atoms with E-state index in [1.165, 1.54) is 23.5 Å². The van der Waals surface area contributed by atoms with E-state index in [1.807, 2.05) is 0 Å². The molecule has 0 aliphatic carbocycles. The molecule has 166 valence electrons. The van der Waals surface area contributed by atoms with Crippen LogP contribution in [0.3, 0.4) is 0 Å². The minimum Gasteiger partial charge on any atom is -0.492 e. The number of benzene rings is 1. The summed E-state index contributed by atoms with van der Waals surface area (Å²) in [6, 6.07) is 4.44. The van der Waals surface area contributed by atoms with Crippen molar-refractivity contribution in [1.82, 2.24) is 19.7 Å². The van der Waals surface area contributed by atoms with Crippen LogP contribution in [0, 0.1) is 0 Å². The molecule has 0 atom stereocenters. The van der Waals surface area contributed by atoms with Gasteiger partial charge in [0.15, 0.2) is 10.8 Å². The Morgan fingerprint density at radius 3 is 2.74 bits per heavy atom. The van der Waals surface area contributed by atoms with Gasteiger partial charge in [-0.2, -0.15) is 18.3 Å². The summed E-state index contributed by atoms with van der Waals surface area (Å²) in [5, 5.41) is 20.8. The fourth-order valence-electron chi connectivity index (χ4n) is 2.77. The zero-order chi connectivity index (χ0) is 22.6. The third-order valence-corrected chi connectivity index (χ3v) is 5.14. The fourth-order valence-corrected chi connectivity index (χ4v) is 3.82. The van der Waals surface area contributed by atoms with Crippen molar-refractivity contribution in [1.29, 1.82) is 0 Å². The lowest BCUT2D eigenvalue weighted by molar-refractivity contribution is -0.142. The number of aliphatic hydroxyl groups is 1. The molecule has 3 heterocycles. The maximum absolute atomic E-state index is 12.7. The highest BCUT2D eigenvalue weighted by molar-refractivity contribution is 7.15. The first-order chi connectivity index (χ1) is 14.7. The summed E-state index contributed by atoms with van der Waals surface area (Å²) in [4.78, 5) is 20.4. The van der Waals surface area contributed by atoms with Gasteiger partial charge in [0, 0.05) is 23.4 Å². The molecular weight excluding hydrogens is 439 g/mol. The average molecular weight is 457 g/mol. The standard InChI is InChI=1S/C16H11F3N4O3S.C2H7NO/c17-16(18,19)6-23-13(20-7-21-23)14-22-12-9-2-1-8(15(24)25)5-10(9)26-4-3-11(12)27-14;3-1-2-4/h1-2,5,7H,3-4,6H2,(H,24,25);4H,1-3H2. The zero-order valence-corrected chi connectivity index (χ0v) is 16.8. The lowest BCUT2D eigenvalue weighted by atomic mass is 10.1. The molecule has 1 aliphatic heterocycles. The average Bonchev–Trinajstić information content (AvgIpc) is 3.29. The number of carboxylic acid groups (broad SMARTS) is 1. The van der Waals surface area contributed by atoms with Crippen molar-refractivity contribution in [2.24, 2.45) is 5.73 Å². The third kappa shape index (κ3) is 5.37. The molecule has 0 saturated heterocycles. The number of thiazole rings is 1. The van der Waals surface area contributed by atoms with Crippen LogP contribution in [0.15, 0.2) is 24.5 Å². The number of carbonyl (C=O) groups is 1. The minimum absolute atomic E-state index is 0.0371. The SMILES string of the molecule is NCCO.O=C(O)c1ccc2c(c1)OCCc1sc(-c3ncnn3CC(F)(F)F)nc1-2. The number of carboxylic acids is 1. The number of aromatic carboxylic acids is 1. The highest BCUT2D eigenvalue weighted by Crippen LogP contribution is 2.40. The molecule has 0 amide bonds. The molecule has 1 aliphatic rings. The maximum atomic E-state index is 12.7. The summed E-state index contributed by atoms with van der Waals surface area (Å²) in [6.07, 6.45) is -2.87. The van der Waals surface area contributed by atoms with Crippen LogP contribution in [-0.2, 0) is 13.0 Å². The first-order valence-electron chi connectivity index (χ1n) is 8.99. The molecule has 0 saturated carbocycles. The van der Waals surface area contributed by atoms with Crippen LogP contribution in [0.1, 0.15) is 15.2 Å². The Bertz CT molecular complexity index is 1060. The van der Waals surface area contributed by atoms with Crippen molar-refractivity contribution in [3.8, 4) is 27.8 Å². The number of aromatic nitrogens is 4. The van der Waals surface area contributed by atoms with Crippen molar-refractivity contribution in [2.45, 2.75) is 19.1 Å². The molecule has 0 spiro atoms. The van der Waals surface area contributed by atoms with E-state index in [-0.39, 0.29) is 18.0 Å². The number of rotatable bonds is 4. The van der Waals surface area contributed by atoms with Gasteiger partial charge in [-0.1, -0.05) is 0 Å². The number of alkyl halides is 3. The van der Waals surface area contributed by atoms with E-state index in [2.05, 4.69) is 15.1 Å². The van der Waals surface area contributed by atoms with Gasteiger partial charge < -0.3 is 20.7 Å². The predicted octanol–water partition coefficient (Wildman–Crippen LogP) is 2.20. The van der Waals surface area contributed by atoms with Crippen molar-refractivity contribution in [2.75, 3.05) is 19.8 Å². The van der Waals surface area contributed by atoms with Crippen LogP contribution in [0.4, 0.5) is 13.2 Å². The third-order valence-electron chi connectivity index (χ3n) is 4.03. The molecule has 4 N–H and O–H groups in total. The van der Waals surface area contributed by atoms with E-state index in [1.54, 1.807) is 6.07 Å². The molecule has 9 nitrogen and oxygen atoms in total. The molecule has 0 fully saturated rings. The van der Waals surface area contributed by atoms with Crippen LogP contribution in [-0.4, -0.2) is 61.9 Å². The first kappa shape index (κ1) is 22.7. The highest BCUT2D eigenvalue weighted by atomic mass is 32.1. The number of aliphatic hydroxyl groups excluding tert-OH is 1. The van der Waals surface area contributed by atoms with Crippen LogP contribution in [0.25, 0.3) is 22.1 Å². The number of hydrogen-bond acceptors (Lipinski definition) is 8. The van der Waals surface area contributed by atoms with Crippen molar-refractivity contribution in [3.63, 3.8) is 0 Å². The lowest BCUT2D eigenvalue weighted by Gasteiger charge is -2.08. The number of nitrogens with two attached hydrogens (primary N) is 1.